The van der Waals surface area contributed by atoms with Crippen molar-refractivity contribution in [3.63, 3.8) is 0 Å². The first kappa shape index (κ1) is 13.6. The highest BCUT2D eigenvalue weighted by atomic mass is 32.2. The van der Waals surface area contributed by atoms with Gasteiger partial charge in [0.1, 0.15) is 0 Å². The second-order valence-electron chi connectivity index (χ2n) is 4.66. The van der Waals surface area contributed by atoms with Crippen molar-refractivity contribution in [1.29, 1.82) is 0 Å². The monoisotopic (exact) mass is 265 g/mol. The fourth-order valence-electron chi connectivity index (χ4n) is 2.15. The number of benzene rings is 1. The molecule has 98 valence electrons. The van der Waals surface area contributed by atoms with E-state index in [0.29, 0.717) is 6.54 Å². The molecule has 1 aliphatic rings. The van der Waals surface area contributed by atoms with Gasteiger partial charge in [-0.2, -0.15) is 0 Å². The molecule has 1 aromatic carbocycles. The molecule has 2 rings (SSSR count). The minimum atomic E-state index is -0.183. The van der Waals surface area contributed by atoms with Gasteiger partial charge in [0.2, 0.25) is 0 Å². The van der Waals surface area contributed by atoms with Crippen molar-refractivity contribution in [2.75, 3.05) is 25.9 Å². The fourth-order valence-corrected chi connectivity index (χ4v) is 2.56. The number of carbonyl (C=O) groups excluding carboxylic acids is 1. The molecule has 0 aromatic heterocycles. The van der Waals surface area contributed by atoms with Crippen LogP contribution in [0.2, 0.25) is 0 Å². The second-order valence-corrected chi connectivity index (χ2v) is 5.54. The summed E-state index contributed by atoms with van der Waals surface area (Å²) in [4.78, 5) is 15.4. The van der Waals surface area contributed by atoms with Gasteiger partial charge in [0.15, 0.2) is 5.78 Å². The third kappa shape index (κ3) is 3.57. The lowest BCUT2D eigenvalue weighted by molar-refractivity contribution is 0.0711. The van der Waals surface area contributed by atoms with Crippen LogP contribution in [0.5, 0.6) is 0 Å². The molecule has 1 saturated heterocycles. The number of Topliss-reactive ketones (excluding diaryl/α,β-unsaturated/α-hetero) is 1. The number of likely N-dealkylation sites (tertiary alicyclic amines) is 1. The third-order valence-corrected chi connectivity index (χ3v) is 4.08. The molecule has 0 aliphatic carbocycles. The van der Waals surface area contributed by atoms with E-state index in [2.05, 4.69) is 4.90 Å². The number of rotatable bonds is 4. The van der Waals surface area contributed by atoms with Gasteiger partial charge in [-0.1, -0.05) is 12.1 Å². The van der Waals surface area contributed by atoms with Crippen LogP contribution in [0.25, 0.3) is 0 Å². The minimum absolute atomic E-state index is 0.166. The van der Waals surface area contributed by atoms with Gasteiger partial charge < -0.3 is 5.11 Å². The van der Waals surface area contributed by atoms with Crippen LogP contribution in [0.3, 0.4) is 0 Å². The van der Waals surface area contributed by atoms with Crippen molar-refractivity contribution >= 4 is 17.5 Å². The number of aliphatic hydroxyl groups excluding tert-OH is 1. The molecule has 1 fully saturated rings. The van der Waals surface area contributed by atoms with Crippen LogP contribution >= 0.6 is 11.8 Å². The van der Waals surface area contributed by atoms with E-state index in [0.717, 1.165) is 31.5 Å². The molecule has 0 unspecified atom stereocenters. The Morgan fingerprint density at radius 1 is 1.33 bits per heavy atom. The Morgan fingerprint density at radius 2 is 1.94 bits per heavy atom. The van der Waals surface area contributed by atoms with Crippen molar-refractivity contribution in [1.82, 2.24) is 4.90 Å². The Kier molecular flexibility index (Phi) is 4.80. The largest absolute Gasteiger partial charge is 0.393 e. The summed E-state index contributed by atoms with van der Waals surface area (Å²) in [5.41, 5.74) is 0.777. The zero-order chi connectivity index (χ0) is 13.0. The predicted octanol–water partition coefficient (Wildman–Crippen LogP) is 2.05. The van der Waals surface area contributed by atoms with E-state index in [1.54, 1.807) is 11.8 Å². The Bertz CT molecular complexity index is 397. The predicted molar refractivity (Wildman–Crippen MR) is 74.2 cm³/mol. The zero-order valence-corrected chi connectivity index (χ0v) is 11.4. The molecule has 1 aliphatic heterocycles. The number of aliphatic hydroxyl groups is 1. The van der Waals surface area contributed by atoms with Crippen LogP contribution < -0.4 is 0 Å². The van der Waals surface area contributed by atoms with Gasteiger partial charge in [0, 0.05) is 23.5 Å². The van der Waals surface area contributed by atoms with E-state index in [9.17, 15) is 9.90 Å². The minimum Gasteiger partial charge on any atom is -0.393 e. The number of ketones is 1. The SMILES string of the molecule is CSc1ccc(C(=O)CN2CCC(O)CC2)cc1. The molecule has 3 nitrogen and oxygen atoms in total. The van der Waals surface area contributed by atoms with Crippen molar-refractivity contribution in [2.45, 2.75) is 23.8 Å². The number of thioether (sulfide) groups is 1. The van der Waals surface area contributed by atoms with E-state index in [4.69, 9.17) is 0 Å². The molecule has 0 bridgehead atoms. The molecule has 0 spiro atoms. The molecule has 0 atom stereocenters. The topological polar surface area (TPSA) is 40.5 Å². The Hall–Kier alpha value is -0.840. The molecular weight excluding hydrogens is 246 g/mol. The Labute approximate surface area is 112 Å². The average molecular weight is 265 g/mol. The Balaban J connectivity index is 1.90. The normalized spacial score (nSPS) is 17.9. The van der Waals surface area contributed by atoms with Gasteiger partial charge in [-0.3, -0.25) is 9.69 Å². The summed E-state index contributed by atoms with van der Waals surface area (Å²) in [6.45, 7) is 2.09. The van der Waals surface area contributed by atoms with Crippen LogP contribution in [-0.2, 0) is 0 Å². The number of carbonyl (C=O) groups is 1. The number of hydrogen-bond donors (Lipinski definition) is 1. The van der Waals surface area contributed by atoms with Gasteiger partial charge in [-0.05, 0) is 31.2 Å². The molecule has 18 heavy (non-hydrogen) atoms. The molecule has 1 aromatic rings. The number of nitrogens with zero attached hydrogens (tertiary/aromatic N) is 1. The van der Waals surface area contributed by atoms with E-state index < -0.39 is 0 Å². The maximum Gasteiger partial charge on any atom is 0.176 e. The summed E-state index contributed by atoms with van der Waals surface area (Å²) in [5, 5.41) is 9.42. The second kappa shape index (κ2) is 6.36. The molecule has 0 radical (unpaired) electrons. The highest BCUT2D eigenvalue weighted by Gasteiger charge is 2.19. The van der Waals surface area contributed by atoms with Crippen molar-refractivity contribution < 1.29 is 9.90 Å². The smallest absolute Gasteiger partial charge is 0.176 e. The summed E-state index contributed by atoms with van der Waals surface area (Å²) < 4.78 is 0. The summed E-state index contributed by atoms with van der Waals surface area (Å²) >= 11 is 1.68. The summed E-state index contributed by atoms with van der Waals surface area (Å²) in [5.74, 6) is 0.166. The van der Waals surface area contributed by atoms with Crippen LogP contribution in [-0.4, -0.2) is 47.8 Å². The number of hydrogen-bond acceptors (Lipinski definition) is 4. The maximum absolute atomic E-state index is 12.1. The van der Waals surface area contributed by atoms with Crippen molar-refractivity contribution in [2.24, 2.45) is 0 Å². The molecule has 1 N–H and O–H groups in total. The number of piperidine rings is 1. The lowest BCUT2D eigenvalue weighted by Gasteiger charge is -2.28. The van der Waals surface area contributed by atoms with Crippen molar-refractivity contribution in [3.05, 3.63) is 29.8 Å². The fraction of sp³-hybridized carbons (Fsp3) is 0.500. The van der Waals surface area contributed by atoms with Crippen LogP contribution in [0.15, 0.2) is 29.2 Å². The van der Waals surface area contributed by atoms with E-state index in [1.165, 1.54) is 4.90 Å². The van der Waals surface area contributed by atoms with E-state index in [1.807, 2.05) is 30.5 Å². The van der Waals surface area contributed by atoms with E-state index >= 15 is 0 Å². The molecule has 0 amide bonds. The Morgan fingerprint density at radius 3 is 2.50 bits per heavy atom. The van der Waals surface area contributed by atoms with Gasteiger partial charge >= 0.3 is 0 Å². The summed E-state index contributed by atoms with van der Waals surface area (Å²) in [6, 6.07) is 7.76. The first-order chi connectivity index (χ1) is 8.69. The van der Waals surface area contributed by atoms with Crippen LogP contribution in [0.1, 0.15) is 23.2 Å². The zero-order valence-electron chi connectivity index (χ0n) is 10.6. The first-order valence-electron chi connectivity index (χ1n) is 6.26. The quantitative estimate of drug-likeness (QED) is 0.668. The van der Waals surface area contributed by atoms with Crippen LogP contribution in [0, 0.1) is 0 Å². The highest BCUT2D eigenvalue weighted by molar-refractivity contribution is 7.98. The molecule has 4 heteroatoms. The standard InChI is InChI=1S/C14H19NO2S/c1-18-13-4-2-11(3-5-13)14(17)10-15-8-6-12(16)7-9-15/h2-5,12,16H,6-10H2,1H3. The molecule has 1 heterocycles. The van der Waals surface area contributed by atoms with Gasteiger partial charge in [0.05, 0.1) is 12.6 Å². The maximum atomic E-state index is 12.1. The highest BCUT2D eigenvalue weighted by Crippen LogP contribution is 2.16. The van der Waals surface area contributed by atoms with Crippen molar-refractivity contribution in [3.8, 4) is 0 Å². The lowest BCUT2D eigenvalue weighted by atomic mass is 10.1. The summed E-state index contributed by atoms with van der Waals surface area (Å²) in [6.07, 6.45) is 3.39. The lowest BCUT2D eigenvalue weighted by Crippen LogP contribution is -2.39. The van der Waals surface area contributed by atoms with Gasteiger partial charge in [0.25, 0.3) is 0 Å². The third-order valence-electron chi connectivity index (χ3n) is 3.34. The van der Waals surface area contributed by atoms with Crippen LogP contribution in [0.4, 0.5) is 0 Å². The first-order valence-corrected chi connectivity index (χ1v) is 7.49. The molecule has 0 saturated carbocycles. The average Bonchev–Trinajstić information content (AvgIpc) is 2.41. The van der Waals surface area contributed by atoms with Gasteiger partial charge in [-0.15, -0.1) is 11.8 Å². The van der Waals surface area contributed by atoms with Gasteiger partial charge in [-0.25, -0.2) is 0 Å². The summed E-state index contributed by atoms with van der Waals surface area (Å²) in [7, 11) is 0. The van der Waals surface area contributed by atoms with E-state index in [-0.39, 0.29) is 11.9 Å². The molecular formula is C14H19NO2S.